The second kappa shape index (κ2) is 6.11. The van der Waals surface area contributed by atoms with Crippen LogP contribution in [0.25, 0.3) is 0 Å². The standard InChI is InChI=1S/C15H17NO3/c1-19-14-8-4-6-11(15(14)18)9-16-13-7-3-2-5-12(13)10-17/h2-8,16-18H,9-10H2,1H3. The molecule has 0 aromatic heterocycles. The Kier molecular flexibility index (Phi) is 4.26. The van der Waals surface area contributed by atoms with Crippen molar-refractivity contribution in [1.29, 1.82) is 0 Å². The number of rotatable bonds is 5. The quantitative estimate of drug-likeness (QED) is 0.772. The van der Waals surface area contributed by atoms with Crippen molar-refractivity contribution in [3.05, 3.63) is 53.6 Å². The van der Waals surface area contributed by atoms with E-state index in [4.69, 9.17) is 4.74 Å². The zero-order valence-electron chi connectivity index (χ0n) is 10.8. The summed E-state index contributed by atoms with van der Waals surface area (Å²) in [5, 5.41) is 22.4. The fourth-order valence-corrected chi connectivity index (χ4v) is 1.90. The zero-order valence-corrected chi connectivity index (χ0v) is 10.8. The number of para-hydroxylation sites is 2. The van der Waals surface area contributed by atoms with E-state index in [1.807, 2.05) is 36.4 Å². The Bertz CT molecular complexity index is 555. The predicted molar refractivity (Wildman–Crippen MR) is 74.4 cm³/mol. The van der Waals surface area contributed by atoms with Crippen LogP contribution >= 0.6 is 0 Å². The molecule has 3 N–H and O–H groups in total. The van der Waals surface area contributed by atoms with Gasteiger partial charge in [-0.2, -0.15) is 0 Å². The van der Waals surface area contributed by atoms with Gasteiger partial charge in [-0.25, -0.2) is 0 Å². The highest BCUT2D eigenvalue weighted by atomic mass is 16.5. The summed E-state index contributed by atoms with van der Waals surface area (Å²) < 4.78 is 5.06. The van der Waals surface area contributed by atoms with Gasteiger partial charge in [-0.1, -0.05) is 30.3 Å². The molecule has 0 aliphatic carbocycles. The highest BCUT2D eigenvalue weighted by Gasteiger charge is 2.07. The highest BCUT2D eigenvalue weighted by molar-refractivity contribution is 5.53. The van der Waals surface area contributed by atoms with Gasteiger partial charge in [0, 0.05) is 23.4 Å². The zero-order chi connectivity index (χ0) is 13.7. The van der Waals surface area contributed by atoms with Crippen LogP contribution in [0.1, 0.15) is 11.1 Å². The van der Waals surface area contributed by atoms with Gasteiger partial charge in [-0.3, -0.25) is 0 Å². The van der Waals surface area contributed by atoms with Gasteiger partial charge in [-0.05, 0) is 12.1 Å². The van der Waals surface area contributed by atoms with Gasteiger partial charge in [-0.15, -0.1) is 0 Å². The highest BCUT2D eigenvalue weighted by Crippen LogP contribution is 2.30. The number of aromatic hydroxyl groups is 1. The lowest BCUT2D eigenvalue weighted by Crippen LogP contribution is -2.03. The first-order chi connectivity index (χ1) is 9.26. The van der Waals surface area contributed by atoms with Crippen molar-refractivity contribution in [3.63, 3.8) is 0 Å². The largest absolute Gasteiger partial charge is 0.504 e. The number of hydrogen-bond acceptors (Lipinski definition) is 4. The molecule has 0 atom stereocenters. The summed E-state index contributed by atoms with van der Waals surface area (Å²) in [5.41, 5.74) is 2.42. The second-order valence-corrected chi connectivity index (χ2v) is 4.14. The summed E-state index contributed by atoms with van der Waals surface area (Å²) in [6.45, 7) is 0.438. The minimum absolute atomic E-state index is 0.0206. The maximum Gasteiger partial charge on any atom is 0.162 e. The predicted octanol–water partition coefficient (Wildman–Crippen LogP) is 2.51. The molecule has 100 valence electrons. The normalized spacial score (nSPS) is 10.2. The number of aliphatic hydroxyl groups is 1. The molecule has 0 spiro atoms. The third kappa shape index (κ3) is 2.98. The Balaban J connectivity index is 2.15. The molecule has 0 unspecified atom stereocenters. The van der Waals surface area contributed by atoms with Gasteiger partial charge in [0.15, 0.2) is 11.5 Å². The van der Waals surface area contributed by atoms with E-state index in [2.05, 4.69) is 5.32 Å². The first kappa shape index (κ1) is 13.2. The third-order valence-corrected chi connectivity index (χ3v) is 2.96. The number of hydrogen-bond donors (Lipinski definition) is 3. The maximum absolute atomic E-state index is 9.98. The molecule has 0 heterocycles. The van der Waals surface area contributed by atoms with Crippen LogP contribution in [0.15, 0.2) is 42.5 Å². The Hall–Kier alpha value is -2.20. The van der Waals surface area contributed by atoms with E-state index in [9.17, 15) is 10.2 Å². The Morgan fingerprint density at radius 2 is 1.79 bits per heavy atom. The Labute approximate surface area is 112 Å². The average Bonchev–Trinajstić information content (AvgIpc) is 2.46. The monoisotopic (exact) mass is 259 g/mol. The van der Waals surface area contributed by atoms with Crippen LogP contribution in [-0.4, -0.2) is 17.3 Å². The molecular weight excluding hydrogens is 242 g/mol. The van der Waals surface area contributed by atoms with E-state index in [-0.39, 0.29) is 12.4 Å². The van der Waals surface area contributed by atoms with Gasteiger partial charge in [0.1, 0.15) is 0 Å². The Morgan fingerprint density at radius 1 is 1.05 bits per heavy atom. The lowest BCUT2D eigenvalue weighted by molar-refractivity contribution is 0.282. The van der Waals surface area contributed by atoms with Gasteiger partial charge in [0.05, 0.1) is 13.7 Å². The summed E-state index contributed by atoms with van der Waals surface area (Å²) >= 11 is 0. The van der Waals surface area contributed by atoms with E-state index in [1.165, 1.54) is 7.11 Å². The molecule has 0 bridgehead atoms. The number of methoxy groups -OCH3 is 1. The van der Waals surface area contributed by atoms with Crippen LogP contribution in [-0.2, 0) is 13.2 Å². The first-order valence-electron chi connectivity index (χ1n) is 6.03. The van der Waals surface area contributed by atoms with Crippen LogP contribution in [0, 0.1) is 0 Å². The van der Waals surface area contributed by atoms with Crippen LogP contribution in [0.4, 0.5) is 5.69 Å². The van der Waals surface area contributed by atoms with Crippen LogP contribution in [0.5, 0.6) is 11.5 Å². The van der Waals surface area contributed by atoms with Crippen LogP contribution in [0.2, 0.25) is 0 Å². The van der Waals surface area contributed by atoms with Crippen molar-refractivity contribution in [2.75, 3.05) is 12.4 Å². The van der Waals surface area contributed by atoms with Crippen molar-refractivity contribution in [3.8, 4) is 11.5 Å². The van der Waals surface area contributed by atoms with Crippen molar-refractivity contribution < 1.29 is 14.9 Å². The molecule has 0 aliphatic rings. The molecule has 0 fully saturated rings. The van der Waals surface area contributed by atoms with E-state index in [0.717, 1.165) is 16.8 Å². The van der Waals surface area contributed by atoms with Crippen LogP contribution < -0.4 is 10.1 Å². The molecule has 2 aromatic carbocycles. The summed E-state index contributed by atoms with van der Waals surface area (Å²) in [7, 11) is 1.52. The molecule has 2 rings (SSSR count). The molecule has 4 nitrogen and oxygen atoms in total. The Morgan fingerprint density at radius 3 is 2.53 bits per heavy atom. The summed E-state index contributed by atoms with van der Waals surface area (Å²) in [6.07, 6.45) is 0. The van der Waals surface area contributed by atoms with E-state index in [1.54, 1.807) is 6.07 Å². The van der Waals surface area contributed by atoms with Gasteiger partial charge < -0.3 is 20.3 Å². The van der Waals surface area contributed by atoms with Gasteiger partial charge in [0.2, 0.25) is 0 Å². The fourth-order valence-electron chi connectivity index (χ4n) is 1.90. The molecular formula is C15H17NO3. The summed E-state index contributed by atoms with van der Waals surface area (Å²) in [4.78, 5) is 0. The first-order valence-corrected chi connectivity index (χ1v) is 6.03. The van der Waals surface area contributed by atoms with Crippen molar-refractivity contribution in [2.45, 2.75) is 13.2 Å². The molecule has 19 heavy (non-hydrogen) atoms. The number of phenolic OH excluding ortho intramolecular Hbond substituents is 1. The van der Waals surface area contributed by atoms with Crippen LogP contribution in [0.3, 0.4) is 0 Å². The number of phenols is 1. The molecule has 0 radical (unpaired) electrons. The molecule has 0 saturated carbocycles. The number of benzene rings is 2. The third-order valence-electron chi connectivity index (χ3n) is 2.96. The summed E-state index contributed by atoms with van der Waals surface area (Å²) in [6, 6.07) is 12.9. The second-order valence-electron chi connectivity index (χ2n) is 4.14. The molecule has 4 heteroatoms. The van der Waals surface area contributed by atoms with E-state index < -0.39 is 0 Å². The van der Waals surface area contributed by atoms with Crippen molar-refractivity contribution in [1.82, 2.24) is 0 Å². The minimum atomic E-state index is -0.0206. The molecule has 2 aromatic rings. The van der Waals surface area contributed by atoms with Gasteiger partial charge in [0.25, 0.3) is 0 Å². The van der Waals surface area contributed by atoms with Crippen molar-refractivity contribution >= 4 is 5.69 Å². The smallest absolute Gasteiger partial charge is 0.162 e. The molecule has 0 aliphatic heterocycles. The average molecular weight is 259 g/mol. The number of anilines is 1. The van der Waals surface area contributed by atoms with E-state index in [0.29, 0.717) is 12.3 Å². The van der Waals surface area contributed by atoms with Gasteiger partial charge >= 0.3 is 0 Å². The number of aliphatic hydroxyl groups excluding tert-OH is 1. The number of nitrogens with one attached hydrogen (secondary N) is 1. The lowest BCUT2D eigenvalue weighted by atomic mass is 10.1. The molecule has 0 saturated heterocycles. The lowest BCUT2D eigenvalue weighted by Gasteiger charge is -2.12. The minimum Gasteiger partial charge on any atom is -0.504 e. The topological polar surface area (TPSA) is 61.7 Å². The molecule has 0 amide bonds. The SMILES string of the molecule is COc1cccc(CNc2ccccc2CO)c1O. The van der Waals surface area contributed by atoms with Crippen molar-refractivity contribution in [2.24, 2.45) is 0 Å². The number of ether oxygens (including phenoxy) is 1. The fraction of sp³-hybridized carbons (Fsp3) is 0.200. The maximum atomic E-state index is 9.98. The summed E-state index contributed by atoms with van der Waals surface area (Å²) in [5.74, 6) is 0.591. The van der Waals surface area contributed by atoms with E-state index >= 15 is 0 Å².